The van der Waals surface area contributed by atoms with Crippen molar-refractivity contribution in [2.45, 2.75) is 18.9 Å². The summed E-state index contributed by atoms with van der Waals surface area (Å²) < 4.78 is 0.968. The van der Waals surface area contributed by atoms with Crippen molar-refractivity contribution < 1.29 is 9.59 Å². The number of piperidine rings is 1. The molecule has 1 aliphatic rings. The second-order valence-electron chi connectivity index (χ2n) is 5.80. The first-order valence-electron chi connectivity index (χ1n) is 7.60. The minimum absolute atomic E-state index is 0.0855. The number of nitrogens with zero attached hydrogens (tertiary/aromatic N) is 2. The molecule has 24 heavy (non-hydrogen) atoms. The van der Waals surface area contributed by atoms with Crippen molar-refractivity contribution >= 4 is 39.2 Å². The number of nitrogens with two attached hydrogens (primary N) is 2. The van der Waals surface area contributed by atoms with Crippen LogP contribution in [0.4, 0.5) is 0 Å². The molecule has 5 N–H and O–H groups in total. The third kappa shape index (κ3) is 3.23. The Balaban J connectivity index is 1.70. The van der Waals surface area contributed by atoms with Crippen molar-refractivity contribution in [2.75, 3.05) is 6.54 Å². The molecule has 0 spiro atoms. The number of likely N-dealkylation sites (tertiary alicyclic amines) is 1. The highest BCUT2D eigenvalue weighted by Crippen LogP contribution is 2.28. The van der Waals surface area contributed by atoms with E-state index in [9.17, 15) is 9.59 Å². The molecule has 0 bridgehead atoms. The fourth-order valence-corrected chi connectivity index (χ4v) is 3.85. The third-order valence-corrected chi connectivity index (χ3v) is 5.22. The van der Waals surface area contributed by atoms with Crippen LogP contribution in [0, 0.1) is 17.7 Å². The van der Waals surface area contributed by atoms with Crippen molar-refractivity contribution in [1.82, 2.24) is 9.88 Å². The van der Waals surface area contributed by atoms with E-state index in [0.717, 1.165) is 10.2 Å². The predicted octanol–water partition coefficient (Wildman–Crippen LogP) is 1.14. The summed E-state index contributed by atoms with van der Waals surface area (Å²) in [6.07, 6.45) is 2.64. The van der Waals surface area contributed by atoms with Gasteiger partial charge in [-0.2, -0.15) is 0 Å². The van der Waals surface area contributed by atoms with E-state index in [0.29, 0.717) is 24.4 Å². The summed E-state index contributed by atoms with van der Waals surface area (Å²) >= 11 is 1.36. The minimum Gasteiger partial charge on any atom is -0.370 e. The quantitative estimate of drug-likeness (QED) is 0.435. The molecule has 0 saturated carbocycles. The lowest BCUT2D eigenvalue weighted by atomic mass is 9.87. The number of para-hydroxylation sites is 1. The Morgan fingerprint density at radius 1 is 1.33 bits per heavy atom. The number of fused-ring (bicyclic) bond motifs is 1. The van der Waals surface area contributed by atoms with Crippen LogP contribution in [0.2, 0.25) is 0 Å². The summed E-state index contributed by atoms with van der Waals surface area (Å²) in [7, 11) is 0. The number of thiazole rings is 1. The lowest BCUT2D eigenvalue weighted by Gasteiger charge is -2.37. The normalized spacial score (nSPS) is 20.9. The van der Waals surface area contributed by atoms with E-state index in [1.807, 2.05) is 24.3 Å². The second-order valence-corrected chi connectivity index (χ2v) is 6.83. The Hall–Kier alpha value is -2.48. The second kappa shape index (κ2) is 6.56. The van der Waals surface area contributed by atoms with Crippen molar-refractivity contribution in [3.63, 3.8) is 0 Å². The summed E-state index contributed by atoms with van der Waals surface area (Å²) in [5.74, 6) is -0.927. The van der Waals surface area contributed by atoms with Gasteiger partial charge in [-0.15, -0.1) is 11.3 Å². The largest absolute Gasteiger partial charge is 0.370 e. The van der Waals surface area contributed by atoms with E-state index < -0.39 is 11.9 Å². The average molecular weight is 344 g/mol. The van der Waals surface area contributed by atoms with Gasteiger partial charge in [0.25, 0.3) is 0 Å². The molecule has 0 aliphatic carbocycles. The fourth-order valence-electron chi connectivity index (χ4n) is 2.97. The van der Waals surface area contributed by atoms with Crippen LogP contribution in [0.25, 0.3) is 10.2 Å². The van der Waals surface area contributed by atoms with Crippen LogP contribution in [0.3, 0.4) is 0 Å². The van der Waals surface area contributed by atoms with Gasteiger partial charge < -0.3 is 16.4 Å². The molecular weight excluding hydrogens is 326 g/mol. The molecule has 2 unspecified atom stereocenters. The van der Waals surface area contributed by atoms with Crippen molar-refractivity contribution in [2.24, 2.45) is 17.4 Å². The number of carbonyl (C=O) groups is 2. The zero-order valence-electron chi connectivity index (χ0n) is 12.9. The van der Waals surface area contributed by atoms with Crippen LogP contribution < -0.4 is 11.5 Å². The van der Waals surface area contributed by atoms with Crippen LogP contribution in [0.15, 0.2) is 24.3 Å². The number of amides is 1. The molecule has 125 valence electrons. The Bertz CT molecular complexity index is 770. The Morgan fingerprint density at radius 2 is 2.08 bits per heavy atom. The molecular formula is C16H18N5O2S. The molecule has 1 aromatic heterocycles. The van der Waals surface area contributed by atoms with Gasteiger partial charge in [-0.05, 0) is 30.9 Å². The maximum Gasteiger partial charge on any atom is 0.240 e. The Morgan fingerprint density at radius 3 is 2.75 bits per heavy atom. The lowest BCUT2D eigenvalue weighted by molar-refractivity contribution is -0.123. The maximum absolute atomic E-state index is 12.5. The lowest BCUT2D eigenvalue weighted by Crippen LogP contribution is -2.54. The van der Waals surface area contributed by atoms with Crippen molar-refractivity contribution in [1.29, 1.82) is 5.41 Å². The summed E-state index contributed by atoms with van der Waals surface area (Å²) in [6, 6.07) is 6.94. The molecule has 1 aromatic carbocycles. The predicted molar refractivity (Wildman–Crippen MR) is 92.6 cm³/mol. The van der Waals surface area contributed by atoms with E-state index in [1.165, 1.54) is 16.2 Å². The molecule has 1 saturated heterocycles. The van der Waals surface area contributed by atoms with E-state index in [2.05, 4.69) is 4.98 Å². The van der Waals surface area contributed by atoms with E-state index in [1.54, 1.807) is 6.42 Å². The van der Waals surface area contributed by atoms with Crippen LogP contribution in [-0.4, -0.2) is 40.1 Å². The number of rotatable bonds is 4. The fraction of sp³-hybridized carbons (Fsp3) is 0.312. The van der Waals surface area contributed by atoms with E-state index >= 15 is 0 Å². The number of nitrogens with one attached hydrogen (secondary N) is 1. The molecule has 2 atom stereocenters. The summed E-state index contributed by atoms with van der Waals surface area (Å²) in [5.41, 5.74) is 11.7. The van der Waals surface area contributed by atoms with Crippen LogP contribution in [-0.2, 0) is 4.79 Å². The van der Waals surface area contributed by atoms with Crippen LogP contribution in [0.1, 0.15) is 22.6 Å². The molecule has 1 fully saturated rings. The highest BCUT2D eigenvalue weighted by atomic mass is 32.1. The first-order valence-corrected chi connectivity index (χ1v) is 8.42. The molecule has 1 amide bonds. The number of Topliss-reactive ketones (excluding diaryl/α,β-unsaturated/α-hetero) is 1. The van der Waals surface area contributed by atoms with Gasteiger partial charge in [0.15, 0.2) is 16.8 Å². The molecule has 1 radical (unpaired) electrons. The zero-order valence-corrected chi connectivity index (χ0v) is 13.8. The number of guanidine groups is 1. The highest BCUT2D eigenvalue weighted by Gasteiger charge is 2.34. The van der Waals surface area contributed by atoms with Gasteiger partial charge in [0.1, 0.15) is 6.04 Å². The van der Waals surface area contributed by atoms with Gasteiger partial charge >= 0.3 is 0 Å². The van der Waals surface area contributed by atoms with E-state index in [4.69, 9.17) is 16.9 Å². The summed E-state index contributed by atoms with van der Waals surface area (Å²) in [4.78, 5) is 29.9. The molecule has 3 rings (SSSR count). The molecule has 2 heterocycles. The molecule has 1 aliphatic heterocycles. The first kappa shape index (κ1) is 16.4. The summed E-state index contributed by atoms with van der Waals surface area (Å²) in [6.45, 7) is 0.428. The van der Waals surface area contributed by atoms with Gasteiger partial charge in [0.05, 0.1) is 10.2 Å². The van der Waals surface area contributed by atoms with Gasteiger partial charge in [-0.3, -0.25) is 15.0 Å². The Kier molecular flexibility index (Phi) is 4.48. The smallest absolute Gasteiger partial charge is 0.240 e. The number of hydrogen-bond donors (Lipinski definition) is 3. The number of primary amides is 1. The number of aromatic nitrogens is 1. The number of ketones is 1. The standard InChI is InChI=1S/C16H18N5O2S/c17-14(23)11-7-9(5-6-21(11)16(18)19)8-12(22)15-20-10-3-1-2-4-13(10)24-15/h1-4,8-9,11H,5-7H2,(H2,17,23)(H3,18,19). The van der Waals surface area contributed by atoms with Gasteiger partial charge in [-0.25, -0.2) is 4.98 Å². The van der Waals surface area contributed by atoms with Crippen molar-refractivity contribution in [3.8, 4) is 0 Å². The average Bonchev–Trinajstić information content (AvgIpc) is 2.98. The van der Waals surface area contributed by atoms with Gasteiger partial charge in [0.2, 0.25) is 5.91 Å². The molecule has 8 heteroatoms. The number of hydrogen-bond acceptors (Lipinski definition) is 5. The topological polar surface area (TPSA) is 126 Å². The van der Waals surface area contributed by atoms with Crippen LogP contribution >= 0.6 is 11.3 Å². The van der Waals surface area contributed by atoms with E-state index in [-0.39, 0.29) is 17.7 Å². The first-order chi connectivity index (χ1) is 11.5. The van der Waals surface area contributed by atoms with Crippen molar-refractivity contribution in [3.05, 3.63) is 35.7 Å². The highest BCUT2D eigenvalue weighted by molar-refractivity contribution is 7.20. The van der Waals surface area contributed by atoms with Gasteiger partial charge in [0, 0.05) is 13.0 Å². The summed E-state index contributed by atoms with van der Waals surface area (Å²) in [5, 5.41) is 7.97. The molecule has 7 nitrogen and oxygen atoms in total. The van der Waals surface area contributed by atoms with Gasteiger partial charge in [-0.1, -0.05) is 12.1 Å². The number of carbonyl (C=O) groups excluding carboxylic acids is 2. The number of benzene rings is 1. The maximum atomic E-state index is 12.5. The minimum atomic E-state index is -0.652. The zero-order chi connectivity index (χ0) is 17.3. The van der Waals surface area contributed by atoms with Crippen LogP contribution in [0.5, 0.6) is 0 Å². The monoisotopic (exact) mass is 344 g/mol. The molecule has 2 aromatic rings. The third-order valence-electron chi connectivity index (χ3n) is 4.17. The Labute approximate surface area is 143 Å². The SMILES string of the molecule is N=C(N)N1CCC([CH]C(=O)c2nc3ccccc3s2)CC1C(N)=O.